The van der Waals surface area contributed by atoms with Gasteiger partial charge in [-0.15, -0.1) is 0 Å². The van der Waals surface area contributed by atoms with Crippen molar-refractivity contribution in [2.45, 2.75) is 5.60 Å². The molecule has 0 aliphatic rings. The van der Waals surface area contributed by atoms with Gasteiger partial charge in [0.25, 0.3) is 5.91 Å². The number of rotatable bonds is 7. The quantitative estimate of drug-likeness (QED) is 0.191. The van der Waals surface area contributed by atoms with Gasteiger partial charge in [0.2, 0.25) is 5.78 Å². The molecule has 0 bridgehead atoms. The maximum Gasteiger partial charge on any atom is 0.310 e. The van der Waals surface area contributed by atoms with Gasteiger partial charge in [-0.05, 0) is 35.4 Å². The molecule has 3 rings (SSSR count). The normalized spacial score (nSPS) is 11.4. The number of carbonyl (C=O) groups excluding carboxylic acids is 3. The van der Waals surface area contributed by atoms with E-state index in [-0.39, 0.29) is 11.1 Å². The molecule has 0 unspecified atom stereocenters. The molecule has 3 aromatic carbocycles. The first-order valence-corrected chi connectivity index (χ1v) is 9.89. The summed E-state index contributed by atoms with van der Waals surface area (Å²) in [6.45, 7) is 0. The summed E-state index contributed by atoms with van der Waals surface area (Å²) < 4.78 is 5.02. The number of benzene rings is 3. The largest absolute Gasteiger partial charge is 0.507 e. The van der Waals surface area contributed by atoms with Crippen LogP contribution >= 0.6 is 0 Å². The van der Waals surface area contributed by atoms with Gasteiger partial charge in [0.15, 0.2) is 5.60 Å². The van der Waals surface area contributed by atoms with E-state index in [4.69, 9.17) is 4.74 Å². The Kier molecular flexibility index (Phi) is 7.22. The Morgan fingerprint density at radius 1 is 0.818 bits per heavy atom. The Morgan fingerprint density at radius 2 is 1.33 bits per heavy atom. The fourth-order valence-electron chi connectivity index (χ4n) is 3.09. The van der Waals surface area contributed by atoms with Crippen molar-refractivity contribution in [1.29, 1.82) is 0 Å². The first-order valence-electron chi connectivity index (χ1n) is 9.89. The lowest BCUT2D eigenvalue weighted by Crippen LogP contribution is -2.53. The second-order valence-electron chi connectivity index (χ2n) is 6.97. The highest BCUT2D eigenvalue weighted by Crippen LogP contribution is 2.29. The van der Waals surface area contributed by atoms with E-state index in [1.54, 1.807) is 72.8 Å². The Balaban J connectivity index is 1.73. The molecule has 0 heterocycles. The third-order valence-corrected chi connectivity index (χ3v) is 4.88. The Morgan fingerprint density at radius 3 is 1.82 bits per heavy atom. The summed E-state index contributed by atoms with van der Waals surface area (Å²) in [6, 6.07) is 22.5. The van der Waals surface area contributed by atoms with Gasteiger partial charge in [0, 0.05) is 11.6 Å². The summed E-state index contributed by atoms with van der Waals surface area (Å²) in [6.07, 6.45) is 0.726. The van der Waals surface area contributed by atoms with Crippen LogP contribution in [0.2, 0.25) is 0 Å². The average Bonchev–Trinajstić information content (AvgIpc) is 2.87. The summed E-state index contributed by atoms with van der Waals surface area (Å²) in [5.41, 5.74) is 2.78. The lowest BCUT2D eigenvalue weighted by molar-refractivity contribution is -0.142. The van der Waals surface area contributed by atoms with Crippen LogP contribution in [0, 0.1) is 0 Å². The number of ketones is 1. The van der Waals surface area contributed by atoms with Crippen molar-refractivity contribution in [2.75, 3.05) is 7.11 Å². The number of aliphatic hydroxyl groups excluding tert-OH is 1. The van der Waals surface area contributed by atoms with Crippen LogP contribution in [0.5, 0.6) is 5.75 Å². The maximum absolute atomic E-state index is 12.9. The van der Waals surface area contributed by atoms with Crippen molar-refractivity contribution in [3.8, 4) is 5.75 Å². The summed E-state index contributed by atoms with van der Waals surface area (Å²) in [4.78, 5) is 37.3. The van der Waals surface area contributed by atoms with Crippen LogP contribution in [-0.2, 0) is 20.0 Å². The molecule has 8 nitrogen and oxygen atoms in total. The van der Waals surface area contributed by atoms with Crippen molar-refractivity contribution in [3.05, 3.63) is 108 Å². The van der Waals surface area contributed by atoms with Crippen molar-refractivity contribution < 1.29 is 29.3 Å². The van der Waals surface area contributed by atoms with Gasteiger partial charge in [0.05, 0.1) is 7.11 Å². The molecule has 0 atom stereocenters. The summed E-state index contributed by atoms with van der Waals surface area (Å²) in [5, 5.41) is 21.4. The van der Waals surface area contributed by atoms with E-state index >= 15 is 0 Å². The highest BCUT2D eigenvalue weighted by Gasteiger charge is 2.40. The summed E-state index contributed by atoms with van der Waals surface area (Å²) >= 11 is 0. The van der Waals surface area contributed by atoms with Crippen molar-refractivity contribution in [3.63, 3.8) is 0 Å². The van der Waals surface area contributed by atoms with E-state index in [1.807, 2.05) is 5.43 Å². The highest BCUT2D eigenvalue weighted by atomic mass is 16.5. The van der Waals surface area contributed by atoms with Gasteiger partial charge in [-0.25, -0.2) is 0 Å². The van der Waals surface area contributed by atoms with Gasteiger partial charge in [-0.1, -0.05) is 60.7 Å². The molecule has 2 amide bonds. The van der Waals surface area contributed by atoms with E-state index < -0.39 is 29.0 Å². The molecule has 0 saturated heterocycles. The molecule has 0 radical (unpaired) electrons. The number of hydrogen-bond donors (Lipinski definition) is 4. The van der Waals surface area contributed by atoms with Gasteiger partial charge >= 0.3 is 5.91 Å². The molecular formula is C25H22N2O6. The average molecular weight is 446 g/mol. The first kappa shape index (κ1) is 23.2. The molecule has 33 heavy (non-hydrogen) atoms. The molecule has 0 aliphatic heterocycles. The third-order valence-electron chi connectivity index (χ3n) is 4.88. The predicted molar refractivity (Wildman–Crippen MR) is 121 cm³/mol. The number of methoxy groups -OCH3 is 1. The molecule has 4 N–H and O–H groups in total. The summed E-state index contributed by atoms with van der Waals surface area (Å²) in [7, 11) is 1.49. The second-order valence-corrected chi connectivity index (χ2v) is 6.97. The molecule has 0 aliphatic carbocycles. The van der Waals surface area contributed by atoms with Gasteiger partial charge < -0.3 is 14.9 Å². The minimum Gasteiger partial charge on any atom is -0.507 e. The minimum atomic E-state index is -2.13. The fourth-order valence-corrected chi connectivity index (χ4v) is 3.09. The van der Waals surface area contributed by atoms with Crippen LogP contribution in [-0.4, -0.2) is 34.9 Å². The van der Waals surface area contributed by atoms with E-state index in [9.17, 15) is 24.6 Å². The van der Waals surface area contributed by atoms with Crippen molar-refractivity contribution in [2.24, 2.45) is 0 Å². The standard InChI is InChI=1S/C25H22N2O6/c1-33-20-14-12-17(13-15-20)21(28)16-22(29)23(30)26-27-24(31)25(32,18-8-4-2-5-9-18)19-10-6-3-7-11-19/h2-16,28,32H,1H3,(H,26,30)(H,27,31)/b21-16-. The fraction of sp³-hybridized carbons (Fsp3) is 0.0800. The van der Waals surface area contributed by atoms with E-state index in [2.05, 4.69) is 5.43 Å². The van der Waals surface area contributed by atoms with Crippen molar-refractivity contribution >= 4 is 23.4 Å². The molecule has 3 aromatic rings. The van der Waals surface area contributed by atoms with Crippen LogP contribution in [0.3, 0.4) is 0 Å². The minimum absolute atomic E-state index is 0.270. The van der Waals surface area contributed by atoms with Crippen LogP contribution in [0.4, 0.5) is 0 Å². The smallest absolute Gasteiger partial charge is 0.310 e. The maximum atomic E-state index is 12.9. The Labute approximate surface area is 190 Å². The number of aliphatic hydroxyl groups is 2. The highest BCUT2D eigenvalue weighted by molar-refractivity contribution is 6.41. The molecule has 0 aromatic heterocycles. The second kappa shape index (κ2) is 10.3. The van der Waals surface area contributed by atoms with E-state index in [0.717, 1.165) is 6.08 Å². The zero-order valence-electron chi connectivity index (χ0n) is 17.7. The van der Waals surface area contributed by atoms with Gasteiger partial charge in [-0.3, -0.25) is 25.2 Å². The third kappa shape index (κ3) is 5.25. The number of ether oxygens (including phenoxy) is 1. The summed E-state index contributed by atoms with van der Waals surface area (Å²) in [5.74, 6) is -3.15. The molecule has 8 heteroatoms. The van der Waals surface area contributed by atoms with Gasteiger partial charge in [0.1, 0.15) is 11.5 Å². The molecular weight excluding hydrogens is 424 g/mol. The number of carbonyl (C=O) groups is 3. The lowest BCUT2D eigenvalue weighted by atomic mass is 9.85. The van der Waals surface area contributed by atoms with Gasteiger partial charge in [-0.2, -0.15) is 0 Å². The SMILES string of the molecule is COc1ccc(/C(O)=C/C(=O)C(=O)NNC(=O)C(O)(c2ccccc2)c2ccccc2)cc1. The molecule has 168 valence electrons. The zero-order chi connectivity index (χ0) is 23.8. The topological polar surface area (TPSA) is 125 Å². The molecule has 0 fully saturated rings. The Bertz CT molecular complexity index is 1120. The first-order chi connectivity index (χ1) is 15.9. The van der Waals surface area contributed by atoms with Crippen molar-refractivity contribution in [1.82, 2.24) is 10.9 Å². The molecule has 0 saturated carbocycles. The Hall–Kier alpha value is -4.43. The van der Waals surface area contributed by atoms with Crippen LogP contribution in [0.25, 0.3) is 5.76 Å². The van der Waals surface area contributed by atoms with E-state index in [0.29, 0.717) is 11.3 Å². The van der Waals surface area contributed by atoms with Crippen LogP contribution in [0.1, 0.15) is 16.7 Å². The predicted octanol–water partition coefficient (Wildman–Crippen LogP) is 2.25. The monoisotopic (exact) mass is 446 g/mol. The number of nitrogens with one attached hydrogen (secondary N) is 2. The number of hydrazine groups is 1. The van der Waals surface area contributed by atoms with Crippen LogP contribution < -0.4 is 15.6 Å². The number of hydrogen-bond acceptors (Lipinski definition) is 6. The molecule has 0 spiro atoms. The number of amides is 2. The van der Waals surface area contributed by atoms with Crippen LogP contribution in [0.15, 0.2) is 91.0 Å². The van der Waals surface area contributed by atoms with E-state index in [1.165, 1.54) is 19.2 Å². The lowest BCUT2D eigenvalue weighted by Gasteiger charge is -2.27. The zero-order valence-corrected chi connectivity index (χ0v) is 17.7.